The van der Waals surface area contributed by atoms with Crippen molar-refractivity contribution >= 4 is 5.71 Å². The Labute approximate surface area is 124 Å². The monoisotopic (exact) mass is 285 g/mol. The fourth-order valence-corrected chi connectivity index (χ4v) is 1.95. The molecule has 110 valence electrons. The van der Waals surface area contributed by atoms with E-state index in [1.807, 2.05) is 43.3 Å². The minimum absolute atomic E-state index is 0.444. The Balaban J connectivity index is 2.22. The summed E-state index contributed by atoms with van der Waals surface area (Å²) in [5.74, 6) is 1.33. The quantitative estimate of drug-likeness (QED) is 0.516. The van der Waals surface area contributed by atoms with Crippen molar-refractivity contribution in [3.8, 4) is 11.5 Å². The van der Waals surface area contributed by atoms with Gasteiger partial charge in [-0.1, -0.05) is 35.0 Å². The van der Waals surface area contributed by atoms with Gasteiger partial charge in [0.2, 0.25) is 0 Å². The van der Waals surface area contributed by atoms with E-state index in [1.165, 1.54) is 5.56 Å². The Hall–Kier alpha value is -2.49. The molecule has 0 aliphatic heterocycles. The number of aryl methyl sites for hydroxylation is 1. The summed E-state index contributed by atoms with van der Waals surface area (Å²) in [6.07, 6.45) is 0. The van der Waals surface area contributed by atoms with Crippen LogP contribution in [0.5, 0.6) is 11.5 Å². The SMILES string of the molecule is COc1ccc(/C(C)=N/O)c(OCc2ccc(C)cc2)c1. The van der Waals surface area contributed by atoms with Crippen molar-refractivity contribution in [3.05, 3.63) is 59.2 Å². The Kier molecular flexibility index (Phi) is 4.82. The van der Waals surface area contributed by atoms with E-state index in [0.717, 1.165) is 11.1 Å². The summed E-state index contributed by atoms with van der Waals surface area (Å²) in [6, 6.07) is 13.6. The van der Waals surface area contributed by atoms with Gasteiger partial charge in [0.1, 0.15) is 18.1 Å². The first-order valence-corrected chi connectivity index (χ1v) is 6.69. The summed E-state index contributed by atoms with van der Waals surface area (Å²) in [6.45, 7) is 4.21. The van der Waals surface area contributed by atoms with Crippen molar-refractivity contribution in [2.45, 2.75) is 20.5 Å². The number of methoxy groups -OCH3 is 1. The maximum Gasteiger partial charge on any atom is 0.132 e. The molecule has 0 amide bonds. The second-order valence-corrected chi connectivity index (χ2v) is 4.82. The van der Waals surface area contributed by atoms with Crippen molar-refractivity contribution in [1.82, 2.24) is 0 Å². The molecule has 2 aromatic carbocycles. The normalized spacial score (nSPS) is 11.3. The number of oxime groups is 1. The van der Waals surface area contributed by atoms with Gasteiger partial charge in [0.05, 0.1) is 12.8 Å². The molecule has 0 saturated carbocycles. The number of rotatable bonds is 5. The maximum absolute atomic E-state index is 8.96. The highest BCUT2D eigenvalue weighted by Gasteiger charge is 2.09. The summed E-state index contributed by atoms with van der Waals surface area (Å²) >= 11 is 0. The lowest BCUT2D eigenvalue weighted by atomic mass is 10.1. The average Bonchev–Trinajstić information content (AvgIpc) is 2.53. The van der Waals surface area contributed by atoms with Crippen LogP contribution in [0.1, 0.15) is 23.6 Å². The molecule has 0 bridgehead atoms. The first kappa shape index (κ1) is 14.9. The van der Waals surface area contributed by atoms with Crippen LogP contribution in [0.2, 0.25) is 0 Å². The molecule has 2 rings (SSSR count). The largest absolute Gasteiger partial charge is 0.497 e. The zero-order valence-corrected chi connectivity index (χ0v) is 12.5. The molecule has 0 aliphatic rings. The van der Waals surface area contributed by atoms with Gasteiger partial charge < -0.3 is 14.7 Å². The van der Waals surface area contributed by atoms with Gasteiger partial charge in [0.25, 0.3) is 0 Å². The Morgan fingerprint density at radius 3 is 2.48 bits per heavy atom. The van der Waals surface area contributed by atoms with Crippen molar-refractivity contribution in [3.63, 3.8) is 0 Å². The number of nitrogens with zero attached hydrogens (tertiary/aromatic N) is 1. The molecule has 21 heavy (non-hydrogen) atoms. The molecule has 4 nitrogen and oxygen atoms in total. The van der Waals surface area contributed by atoms with Crippen LogP contribution in [-0.4, -0.2) is 18.0 Å². The average molecular weight is 285 g/mol. The van der Waals surface area contributed by atoms with Crippen molar-refractivity contribution in [1.29, 1.82) is 0 Å². The first-order valence-electron chi connectivity index (χ1n) is 6.69. The Morgan fingerprint density at radius 1 is 1.14 bits per heavy atom. The number of hydrogen-bond donors (Lipinski definition) is 1. The molecule has 0 aromatic heterocycles. The lowest BCUT2D eigenvalue weighted by Crippen LogP contribution is -2.03. The smallest absolute Gasteiger partial charge is 0.132 e. The summed E-state index contributed by atoms with van der Waals surface area (Å²) in [5, 5.41) is 12.2. The van der Waals surface area contributed by atoms with Gasteiger partial charge in [-0.2, -0.15) is 0 Å². The number of benzene rings is 2. The molecule has 4 heteroatoms. The second kappa shape index (κ2) is 6.79. The van der Waals surface area contributed by atoms with Gasteiger partial charge in [-0.15, -0.1) is 0 Å². The van der Waals surface area contributed by atoms with Gasteiger partial charge in [0.15, 0.2) is 0 Å². The van der Waals surface area contributed by atoms with E-state index >= 15 is 0 Å². The molecule has 1 N–H and O–H groups in total. The van der Waals surface area contributed by atoms with Gasteiger partial charge in [-0.3, -0.25) is 0 Å². The van der Waals surface area contributed by atoms with E-state index < -0.39 is 0 Å². The number of hydrogen-bond acceptors (Lipinski definition) is 4. The molecular weight excluding hydrogens is 266 g/mol. The lowest BCUT2D eigenvalue weighted by molar-refractivity contribution is 0.301. The van der Waals surface area contributed by atoms with Crippen LogP contribution in [0, 0.1) is 6.92 Å². The van der Waals surface area contributed by atoms with E-state index in [1.54, 1.807) is 20.1 Å². The minimum atomic E-state index is 0.444. The van der Waals surface area contributed by atoms with E-state index in [2.05, 4.69) is 5.16 Å². The van der Waals surface area contributed by atoms with Gasteiger partial charge in [0, 0.05) is 11.6 Å². The zero-order chi connectivity index (χ0) is 15.2. The molecule has 0 fully saturated rings. The molecule has 0 saturated heterocycles. The highest BCUT2D eigenvalue weighted by atomic mass is 16.5. The molecule has 0 aliphatic carbocycles. The second-order valence-electron chi connectivity index (χ2n) is 4.82. The van der Waals surface area contributed by atoms with Crippen LogP contribution in [0.25, 0.3) is 0 Å². The van der Waals surface area contributed by atoms with Crippen molar-refractivity contribution < 1.29 is 14.7 Å². The fourth-order valence-electron chi connectivity index (χ4n) is 1.95. The first-order chi connectivity index (χ1) is 10.1. The molecular formula is C17H19NO3. The molecule has 2 aromatic rings. The predicted octanol–water partition coefficient (Wildman–Crippen LogP) is 3.78. The van der Waals surface area contributed by atoms with Crippen molar-refractivity contribution in [2.24, 2.45) is 5.16 Å². The van der Waals surface area contributed by atoms with E-state index in [-0.39, 0.29) is 0 Å². The van der Waals surface area contributed by atoms with Crippen molar-refractivity contribution in [2.75, 3.05) is 7.11 Å². The summed E-state index contributed by atoms with van der Waals surface area (Å²) < 4.78 is 11.1. The topological polar surface area (TPSA) is 51.0 Å². The van der Waals surface area contributed by atoms with Crippen LogP contribution in [0.15, 0.2) is 47.6 Å². The standard InChI is InChI=1S/C17H19NO3/c1-12-4-6-14(7-5-12)11-21-17-10-15(20-3)8-9-16(17)13(2)18-19/h4-10,19H,11H2,1-3H3/b18-13+. The minimum Gasteiger partial charge on any atom is -0.497 e. The molecule has 0 spiro atoms. The Morgan fingerprint density at radius 2 is 1.86 bits per heavy atom. The lowest BCUT2D eigenvalue weighted by Gasteiger charge is -2.12. The molecule has 0 unspecified atom stereocenters. The van der Waals surface area contributed by atoms with E-state index in [9.17, 15) is 0 Å². The molecule has 0 radical (unpaired) electrons. The van der Waals surface area contributed by atoms with Gasteiger partial charge >= 0.3 is 0 Å². The Bertz CT molecular complexity index is 633. The third kappa shape index (κ3) is 3.75. The maximum atomic E-state index is 8.96. The zero-order valence-electron chi connectivity index (χ0n) is 12.5. The van der Waals surface area contributed by atoms with Crippen LogP contribution >= 0.6 is 0 Å². The number of ether oxygens (including phenoxy) is 2. The molecule has 0 atom stereocenters. The van der Waals surface area contributed by atoms with E-state index in [4.69, 9.17) is 14.7 Å². The highest BCUT2D eigenvalue weighted by Crippen LogP contribution is 2.26. The summed E-state index contributed by atoms with van der Waals surface area (Å²) in [4.78, 5) is 0. The summed E-state index contributed by atoms with van der Waals surface area (Å²) in [5.41, 5.74) is 3.53. The van der Waals surface area contributed by atoms with Crippen LogP contribution in [0.4, 0.5) is 0 Å². The highest BCUT2D eigenvalue weighted by molar-refractivity contribution is 6.00. The van der Waals surface area contributed by atoms with Crippen LogP contribution < -0.4 is 9.47 Å². The fraction of sp³-hybridized carbons (Fsp3) is 0.235. The van der Waals surface area contributed by atoms with Gasteiger partial charge in [-0.05, 0) is 31.5 Å². The predicted molar refractivity (Wildman–Crippen MR) is 82.5 cm³/mol. The van der Waals surface area contributed by atoms with E-state index in [0.29, 0.717) is 23.8 Å². The third-order valence-corrected chi connectivity index (χ3v) is 3.24. The molecule has 0 heterocycles. The van der Waals surface area contributed by atoms with Gasteiger partial charge in [-0.25, -0.2) is 0 Å². The van der Waals surface area contributed by atoms with Crippen LogP contribution in [0.3, 0.4) is 0 Å². The third-order valence-electron chi connectivity index (χ3n) is 3.24. The van der Waals surface area contributed by atoms with Crippen LogP contribution in [-0.2, 0) is 6.61 Å². The summed E-state index contributed by atoms with van der Waals surface area (Å²) in [7, 11) is 1.60.